The maximum absolute atomic E-state index is 13.5. The predicted octanol–water partition coefficient (Wildman–Crippen LogP) is 3.93. The number of hydrogen-bond donors (Lipinski definition) is 2. The molecule has 8 nitrogen and oxygen atoms in total. The molecule has 3 amide bonds. The molecule has 2 aromatic carbocycles. The molecule has 198 valence electrons. The third-order valence-corrected chi connectivity index (χ3v) is 8.17. The highest BCUT2D eigenvalue weighted by Gasteiger charge is 2.38. The smallest absolute Gasteiger partial charge is 0.259 e. The fraction of sp³-hybridized carbons (Fsp3) is 0.188. The van der Waals surface area contributed by atoms with Crippen LogP contribution in [0.3, 0.4) is 0 Å². The summed E-state index contributed by atoms with van der Waals surface area (Å²) >= 11 is 0. The molecule has 8 heteroatoms. The number of hydrogen-bond acceptors (Lipinski definition) is 4. The fourth-order valence-corrected chi connectivity index (χ4v) is 6.32. The van der Waals surface area contributed by atoms with Crippen LogP contribution in [0.1, 0.15) is 39.2 Å². The van der Waals surface area contributed by atoms with Crippen molar-refractivity contribution in [2.24, 2.45) is 13.0 Å². The van der Waals surface area contributed by atoms with Crippen molar-refractivity contribution >= 4 is 45.3 Å². The number of imide groups is 1. The summed E-state index contributed by atoms with van der Waals surface area (Å²) in [6.07, 6.45) is 9.71. The van der Waals surface area contributed by atoms with Gasteiger partial charge in [0.05, 0.1) is 22.9 Å². The van der Waals surface area contributed by atoms with Gasteiger partial charge in [0.15, 0.2) is 0 Å². The summed E-state index contributed by atoms with van der Waals surface area (Å²) in [4.78, 5) is 44.0. The van der Waals surface area contributed by atoms with Gasteiger partial charge in [0.25, 0.3) is 17.7 Å². The minimum Gasteiger partial charge on any atom is -0.352 e. The molecule has 40 heavy (non-hydrogen) atoms. The van der Waals surface area contributed by atoms with Crippen molar-refractivity contribution < 1.29 is 14.4 Å². The highest BCUT2D eigenvalue weighted by molar-refractivity contribution is 6.50. The van der Waals surface area contributed by atoms with E-state index < -0.39 is 11.8 Å². The van der Waals surface area contributed by atoms with Gasteiger partial charge in [-0.15, -0.1) is 0 Å². The van der Waals surface area contributed by atoms with Crippen molar-refractivity contribution in [2.45, 2.75) is 19.3 Å². The number of nitrogens with one attached hydrogen (secondary N) is 2. The van der Waals surface area contributed by atoms with Crippen molar-refractivity contribution in [3.05, 3.63) is 107 Å². The number of rotatable bonds is 5. The molecular formula is C32H27N5O3. The lowest BCUT2D eigenvalue weighted by Gasteiger charge is -2.24. The van der Waals surface area contributed by atoms with Gasteiger partial charge in [-0.2, -0.15) is 0 Å². The van der Waals surface area contributed by atoms with Gasteiger partial charge in [-0.1, -0.05) is 36.4 Å². The summed E-state index contributed by atoms with van der Waals surface area (Å²) in [6.45, 7) is 0.525. The highest BCUT2D eigenvalue weighted by atomic mass is 16.2. The molecule has 2 aliphatic rings. The van der Waals surface area contributed by atoms with Crippen LogP contribution < -0.4 is 10.6 Å². The Bertz CT molecular complexity index is 1880. The summed E-state index contributed by atoms with van der Waals surface area (Å²) in [5, 5.41) is 6.58. The predicted molar refractivity (Wildman–Crippen MR) is 152 cm³/mol. The number of fused-ring (bicyclic) bond motifs is 4. The van der Waals surface area contributed by atoms with E-state index in [0.29, 0.717) is 29.7 Å². The topological polar surface area (TPSA) is 97.5 Å². The standard InChI is InChI=1S/C32H27N5O3/c1-36-18-23(21-9-5-6-10-24(21)36)28-29(32(40)35-31(28)39)27-22-15-19(16-34-30(38)20-7-3-2-4-8-20)11-12-25(22)37-14-13-33-17-26(27)37/h2-10,13-14,17-19H,11-12,15-16H2,1H3,(H,34,38)(H,35,39,40). The molecular weight excluding hydrogens is 502 g/mol. The number of amides is 3. The summed E-state index contributed by atoms with van der Waals surface area (Å²) in [6, 6.07) is 17.1. The Kier molecular flexibility index (Phi) is 5.62. The molecule has 2 N–H and O–H groups in total. The van der Waals surface area contributed by atoms with E-state index in [1.165, 1.54) is 0 Å². The molecule has 0 saturated carbocycles. The van der Waals surface area contributed by atoms with E-state index >= 15 is 0 Å². The van der Waals surface area contributed by atoms with E-state index in [0.717, 1.165) is 51.6 Å². The molecule has 7 rings (SSSR count). The van der Waals surface area contributed by atoms with Crippen molar-refractivity contribution in [1.29, 1.82) is 0 Å². The summed E-state index contributed by atoms with van der Waals surface area (Å²) < 4.78 is 4.08. The van der Waals surface area contributed by atoms with Crippen LogP contribution in [-0.4, -0.2) is 38.2 Å². The van der Waals surface area contributed by atoms with Crippen LogP contribution in [0, 0.1) is 5.92 Å². The van der Waals surface area contributed by atoms with Gasteiger partial charge in [0.2, 0.25) is 0 Å². The van der Waals surface area contributed by atoms with Gasteiger partial charge in [0, 0.05) is 65.5 Å². The average Bonchev–Trinajstić information content (AvgIpc) is 3.59. The Morgan fingerprint density at radius 2 is 1.80 bits per heavy atom. The zero-order valence-corrected chi connectivity index (χ0v) is 22.0. The third-order valence-electron chi connectivity index (χ3n) is 8.17. The average molecular weight is 530 g/mol. The largest absolute Gasteiger partial charge is 0.352 e. The SMILES string of the molecule is Cn1cc(C2=C(c3c4c(n5ccncc35)CCC(CNC(=O)c3ccccc3)C4)C(=O)NC2=O)c2ccccc21. The van der Waals surface area contributed by atoms with Crippen LogP contribution in [-0.2, 0) is 29.5 Å². The fourth-order valence-electron chi connectivity index (χ4n) is 6.32. The second-order valence-electron chi connectivity index (χ2n) is 10.5. The summed E-state index contributed by atoms with van der Waals surface area (Å²) in [5.74, 6) is -0.701. The van der Waals surface area contributed by atoms with Gasteiger partial charge in [-0.3, -0.25) is 24.7 Å². The lowest BCUT2D eigenvalue weighted by atomic mass is 9.83. The van der Waals surface area contributed by atoms with Gasteiger partial charge in [0.1, 0.15) is 0 Å². The maximum atomic E-state index is 13.5. The zero-order chi connectivity index (χ0) is 27.4. The number of aromatic nitrogens is 3. The van der Waals surface area contributed by atoms with Gasteiger partial charge < -0.3 is 14.3 Å². The van der Waals surface area contributed by atoms with E-state index in [4.69, 9.17) is 0 Å². The number of para-hydroxylation sites is 1. The first-order chi connectivity index (χ1) is 19.5. The first kappa shape index (κ1) is 24.1. The molecule has 5 aromatic rings. The minimum absolute atomic E-state index is 0.0976. The van der Waals surface area contributed by atoms with Crippen molar-refractivity contribution in [3.63, 3.8) is 0 Å². The quantitative estimate of drug-likeness (QED) is 0.337. The van der Waals surface area contributed by atoms with Crippen LogP contribution in [0.25, 0.3) is 27.6 Å². The molecule has 1 aliphatic carbocycles. The molecule has 1 aliphatic heterocycles. The minimum atomic E-state index is -0.397. The van der Waals surface area contributed by atoms with Gasteiger partial charge in [-0.25, -0.2) is 0 Å². The Morgan fingerprint density at radius 1 is 1.02 bits per heavy atom. The number of carbonyl (C=O) groups excluding carboxylic acids is 3. The molecule has 4 heterocycles. The highest BCUT2D eigenvalue weighted by Crippen LogP contribution is 2.42. The summed E-state index contributed by atoms with van der Waals surface area (Å²) in [7, 11) is 1.94. The second-order valence-corrected chi connectivity index (χ2v) is 10.5. The molecule has 0 fully saturated rings. The number of benzene rings is 2. The molecule has 0 radical (unpaired) electrons. The molecule has 0 spiro atoms. The Labute approximate surface area is 230 Å². The first-order valence-corrected chi connectivity index (χ1v) is 13.4. The molecule has 1 atom stereocenters. The van der Waals surface area contributed by atoms with Crippen LogP contribution in [0.5, 0.6) is 0 Å². The maximum Gasteiger partial charge on any atom is 0.259 e. The second kappa shape index (κ2) is 9.34. The molecule has 0 bridgehead atoms. The van der Waals surface area contributed by atoms with E-state index in [1.54, 1.807) is 24.5 Å². The van der Waals surface area contributed by atoms with E-state index in [9.17, 15) is 14.4 Å². The molecule has 1 unspecified atom stereocenters. The number of aryl methyl sites for hydroxylation is 2. The first-order valence-electron chi connectivity index (χ1n) is 13.4. The van der Waals surface area contributed by atoms with Crippen LogP contribution >= 0.6 is 0 Å². The number of nitrogens with zero attached hydrogens (tertiary/aromatic N) is 3. The van der Waals surface area contributed by atoms with Gasteiger partial charge >= 0.3 is 0 Å². The Hall–Kier alpha value is -4.98. The van der Waals surface area contributed by atoms with E-state index in [1.807, 2.05) is 66.5 Å². The number of carbonyl (C=O) groups is 3. The van der Waals surface area contributed by atoms with Crippen LogP contribution in [0.4, 0.5) is 0 Å². The Morgan fingerprint density at radius 3 is 2.65 bits per heavy atom. The van der Waals surface area contributed by atoms with E-state index in [-0.39, 0.29) is 11.8 Å². The monoisotopic (exact) mass is 529 g/mol. The van der Waals surface area contributed by atoms with Gasteiger partial charge in [-0.05, 0) is 48.9 Å². The normalized spacial score (nSPS) is 17.0. The lowest BCUT2D eigenvalue weighted by Crippen LogP contribution is -2.32. The zero-order valence-electron chi connectivity index (χ0n) is 22.0. The molecule has 3 aromatic heterocycles. The third kappa shape index (κ3) is 3.75. The van der Waals surface area contributed by atoms with Crippen molar-refractivity contribution in [3.8, 4) is 0 Å². The summed E-state index contributed by atoms with van der Waals surface area (Å²) in [5.41, 5.74) is 6.85. The van der Waals surface area contributed by atoms with Crippen LogP contribution in [0.15, 0.2) is 79.4 Å². The molecule has 0 saturated heterocycles. The van der Waals surface area contributed by atoms with Crippen LogP contribution in [0.2, 0.25) is 0 Å². The van der Waals surface area contributed by atoms with Crippen molar-refractivity contribution in [2.75, 3.05) is 6.54 Å². The van der Waals surface area contributed by atoms with Crippen molar-refractivity contribution in [1.82, 2.24) is 24.6 Å². The van der Waals surface area contributed by atoms with E-state index in [2.05, 4.69) is 20.0 Å². The lowest BCUT2D eigenvalue weighted by molar-refractivity contribution is -0.122. The Balaban J connectivity index is 1.34.